The summed E-state index contributed by atoms with van der Waals surface area (Å²) in [6, 6.07) is 8.00. The van der Waals surface area contributed by atoms with Gasteiger partial charge in [0.15, 0.2) is 5.65 Å². The summed E-state index contributed by atoms with van der Waals surface area (Å²) < 4.78 is 28.8. The maximum Gasteiger partial charge on any atom is 0.269 e. The Morgan fingerprint density at radius 3 is 2.24 bits per heavy atom. The minimum atomic E-state index is -3.93. The van der Waals surface area contributed by atoms with Crippen LogP contribution in [0.2, 0.25) is 5.21 Å². The Morgan fingerprint density at radius 2 is 1.63 bits per heavy atom. The molecule has 0 spiro atoms. The van der Waals surface area contributed by atoms with E-state index in [0.717, 1.165) is 9.54 Å². The summed E-state index contributed by atoms with van der Waals surface area (Å²) in [5.41, 5.74) is -6.28. The summed E-state index contributed by atoms with van der Waals surface area (Å²) >= 11 is 0. The lowest BCUT2D eigenvalue weighted by Crippen LogP contribution is -2.60. The average molecular weight is 519 g/mol. The minimum absolute atomic E-state index is 0.101. The van der Waals surface area contributed by atoms with E-state index in [9.17, 15) is 23.7 Å². The van der Waals surface area contributed by atoms with Gasteiger partial charge < -0.3 is 15.3 Å². The first kappa shape index (κ1) is 26.8. The maximum atomic E-state index is 13.3. The van der Waals surface area contributed by atoms with Gasteiger partial charge in [-0.15, -0.1) is 0 Å². The van der Waals surface area contributed by atoms with Gasteiger partial charge in [0.25, 0.3) is 10.0 Å². The van der Waals surface area contributed by atoms with Crippen LogP contribution in [0.4, 0.5) is 0 Å². The van der Waals surface area contributed by atoms with Crippen molar-refractivity contribution in [3.63, 3.8) is 0 Å². The molecule has 4 atom stereocenters. The third-order valence-electron chi connectivity index (χ3n) is 7.27. The summed E-state index contributed by atoms with van der Waals surface area (Å²) in [4.78, 5) is 8.56. The van der Waals surface area contributed by atoms with Crippen LogP contribution in [0.25, 0.3) is 22.3 Å². The normalized spacial score (nSPS) is 29.1. The number of fused-ring (bicyclic) bond motifs is 1. The Bertz CT molecular complexity index is 1620. The molecule has 3 heterocycles. The van der Waals surface area contributed by atoms with Crippen LogP contribution in [0.15, 0.2) is 60.1 Å². The number of benzene rings is 1. The van der Waals surface area contributed by atoms with Gasteiger partial charge in [-0.2, -0.15) is 5.10 Å². The van der Waals surface area contributed by atoms with Gasteiger partial charge in [0.1, 0.15) is 29.9 Å². The van der Waals surface area contributed by atoms with Gasteiger partial charge in [-0.3, -0.25) is 4.68 Å². The Kier molecular flexibility index (Phi) is 5.89. The molecule has 0 amide bonds. The molecule has 1 aliphatic carbocycles. The molecule has 1 saturated carbocycles. The lowest BCUT2D eigenvalue weighted by atomic mass is 9.34. The van der Waals surface area contributed by atoms with Crippen LogP contribution in [-0.2, 0) is 16.6 Å². The second-order valence-corrected chi connectivity index (χ2v) is 11.5. The fraction of sp³-hybridized carbons (Fsp3) is 0.318. The monoisotopic (exact) mass is 519 g/mol. The molecule has 5 rings (SSSR count). The number of aliphatic hydroxyl groups is 3. The van der Waals surface area contributed by atoms with E-state index >= 15 is 0 Å². The Balaban J connectivity index is 1.51. The molecule has 3 N–H and O–H groups in total. The lowest BCUT2D eigenvalue weighted by molar-refractivity contribution is -0.0552. The largest absolute Gasteiger partial charge is 0.400 e. The number of hydrogen-bond acceptors (Lipinski definition) is 8. The topological polar surface area (TPSA) is 143 Å². The molecule has 3 aromatic heterocycles. The van der Waals surface area contributed by atoms with Crippen LogP contribution >= 0.6 is 0 Å². The summed E-state index contributed by atoms with van der Waals surface area (Å²) in [7, 11) is 25.1. The van der Waals surface area contributed by atoms with Gasteiger partial charge in [0.2, 0.25) is 0 Å². The van der Waals surface area contributed by atoms with E-state index in [1.807, 2.05) is 6.92 Å². The SMILES string of the molecule is [B]C1(O)C(Cn2cc(-c3ncnc4c3ccn4S(=O)(=O)c3ccc(C)cc3)cn2)C([B])(O)C([B])(O)C1([B])[B]. The molecule has 182 valence electrons. The molecule has 1 aromatic carbocycles. The quantitative estimate of drug-likeness (QED) is 0.271. The highest BCUT2D eigenvalue weighted by Gasteiger charge is 2.70. The molecule has 1 aliphatic rings. The summed E-state index contributed by atoms with van der Waals surface area (Å²) in [5.74, 6) is -1.56. The van der Waals surface area contributed by atoms with Crippen molar-refractivity contribution in [2.75, 3.05) is 0 Å². The van der Waals surface area contributed by atoms with E-state index in [2.05, 4.69) is 15.1 Å². The van der Waals surface area contributed by atoms with Crippen molar-refractivity contribution in [2.45, 2.75) is 40.1 Å². The van der Waals surface area contributed by atoms with E-state index in [4.69, 9.17) is 39.2 Å². The standard InChI is InChI=1S/C22H18B5N5O5S/c1-12-2-4-14(5-3-12)38(36,37)32-7-6-15-17(28-11-29-18(15)32)13-8-30-31(9-13)10-16-19(23,33)21(25,26)22(27,35)20(16,24)34/h2-9,11,16,33-35H,10H2,1H3. The van der Waals surface area contributed by atoms with E-state index in [-0.39, 0.29) is 17.1 Å². The van der Waals surface area contributed by atoms with Crippen molar-refractivity contribution in [3.8, 4) is 11.3 Å². The molecule has 16 heteroatoms. The van der Waals surface area contributed by atoms with Gasteiger partial charge in [-0.25, -0.2) is 22.4 Å². The highest BCUT2D eigenvalue weighted by Crippen LogP contribution is 2.58. The molecule has 10 radical (unpaired) electrons. The van der Waals surface area contributed by atoms with Gasteiger partial charge in [0.05, 0.1) is 32.5 Å². The van der Waals surface area contributed by atoms with E-state index in [1.165, 1.54) is 41.7 Å². The number of nitrogens with zero attached hydrogens (tertiary/aromatic N) is 5. The Labute approximate surface area is 225 Å². The Morgan fingerprint density at radius 1 is 0.974 bits per heavy atom. The highest BCUT2D eigenvalue weighted by atomic mass is 32.2. The molecule has 38 heavy (non-hydrogen) atoms. The fourth-order valence-corrected chi connectivity index (χ4v) is 6.05. The summed E-state index contributed by atoms with van der Waals surface area (Å²) in [6.07, 6.45) is 5.51. The van der Waals surface area contributed by atoms with E-state index < -0.39 is 37.7 Å². The van der Waals surface area contributed by atoms with Crippen molar-refractivity contribution in [3.05, 3.63) is 60.8 Å². The van der Waals surface area contributed by atoms with Crippen LogP contribution in [0, 0.1) is 12.8 Å². The number of aryl methyl sites for hydroxylation is 1. The van der Waals surface area contributed by atoms with Crippen LogP contribution in [0.3, 0.4) is 0 Å². The smallest absolute Gasteiger partial charge is 0.269 e. The Hall–Kier alpha value is -2.80. The van der Waals surface area contributed by atoms with E-state index in [0.29, 0.717) is 16.6 Å². The number of rotatable bonds is 5. The number of aromatic nitrogens is 5. The fourth-order valence-electron chi connectivity index (χ4n) is 4.75. The molecule has 0 bridgehead atoms. The third-order valence-corrected chi connectivity index (χ3v) is 8.95. The molecule has 0 saturated heterocycles. The molecule has 10 nitrogen and oxygen atoms in total. The van der Waals surface area contributed by atoms with Crippen molar-refractivity contribution in [1.82, 2.24) is 23.7 Å². The first-order valence-electron chi connectivity index (χ1n) is 11.3. The van der Waals surface area contributed by atoms with Gasteiger partial charge in [0, 0.05) is 52.3 Å². The van der Waals surface area contributed by atoms with Crippen LogP contribution in [0.5, 0.6) is 0 Å². The molecule has 0 aliphatic heterocycles. The van der Waals surface area contributed by atoms with Crippen LogP contribution in [0.1, 0.15) is 5.56 Å². The predicted molar refractivity (Wildman–Crippen MR) is 142 cm³/mol. The molecule has 1 fully saturated rings. The molecule has 4 unspecified atom stereocenters. The third kappa shape index (κ3) is 3.57. The summed E-state index contributed by atoms with van der Waals surface area (Å²) in [6.45, 7) is 1.50. The van der Waals surface area contributed by atoms with Gasteiger partial charge >= 0.3 is 0 Å². The zero-order valence-corrected chi connectivity index (χ0v) is 21.0. The maximum absolute atomic E-state index is 13.3. The minimum Gasteiger partial charge on any atom is -0.400 e. The lowest BCUT2D eigenvalue weighted by Gasteiger charge is -2.46. The van der Waals surface area contributed by atoms with Crippen molar-refractivity contribution < 1.29 is 23.7 Å². The van der Waals surface area contributed by atoms with Crippen LogP contribution in [-0.4, -0.2) is 103 Å². The van der Waals surface area contributed by atoms with Crippen molar-refractivity contribution in [1.29, 1.82) is 0 Å². The first-order valence-corrected chi connectivity index (χ1v) is 12.8. The second kappa shape index (κ2) is 8.35. The molecular formula is C22H18B5N5O5S. The number of hydrogen-bond donors (Lipinski definition) is 3. The van der Waals surface area contributed by atoms with Crippen LogP contribution < -0.4 is 0 Å². The van der Waals surface area contributed by atoms with E-state index in [1.54, 1.807) is 18.2 Å². The van der Waals surface area contributed by atoms with Gasteiger partial charge in [-0.05, 0) is 25.1 Å². The zero-order valence-electron chi connectivity index (χ0n) is 20.2. The first-order chi connectivity index (χ1) is 17.5. The van der Waals surface area contributed by atoms with Crippen molar-refractivity contribution in [2.24, 2.45) is 5.92 Å². The second-order valence-electron chi connectivity index (χ2n) is 9.68. The molecular weight excluding hydrogens is 500 g/mol. The predicted octanol–water partition coefficient (Wildman–Crippen LogP) is -1.51. The average Bonchev–Trinajstić information content (AvgIpc) is 3.50. The highest BCUT2D eigenvalue weighted by molar-refractivity contribution is 7.90. The van der Waals surface area contributed by atoms with Crippen molar-refractivity contribution >= 4 is 60.3 Å². The van der Waals surface area contributed by atoms with Gasteiger partial charge in [-0.1, -0.05) is 22.9 Å². The summed E-state index contributed by atoms with van der Waals surface area (Å²) in [5, 5.41) is 34.1. The zero-order chi connectivity index (χ0) is 27.9. The molecule has 4 aromatic rings.